The third kappa shape index (κ3) is 4.62. The van der Waals surface area contributed by atoms with Gasteiger partial charge in [-0.2, -0.15) is 0 Å². The summed E-state index contributed by atoms with van der Waals surface area (Å²) >= 11 is 0. The molecule has 1 saturated carbocycles. The fourth-order valence-electron chi connectivity index (χ4n) is 5.36. The SMILES string of the molecule is CC1(OCC(=O)O)CN(C(=O)C(NC(=O)OCC2c3ccccc3-c3ccccc32)C2CCC2)C1. The van der Waals surface area contributed by atoms with E-state index in [0.717, 1.165) is 41.5 Å². The molecule has 1 aliphatic heterocycles. The molecule has 3 aliphatic rings. The summed E-state index contributed by atoms with van der Waals surface area (Å²) in [6.45, 7) is 2.18. The minimum absolute atomic E-state index is 0.0477. The minimum Gasteiger partial charge on any atom is -0.480 e. The first-order valence-corrected chi connectivity index (χ1v) is 12.1. The van der Waals surface area contributed by atoms with Crippen LogP contribution in [0.5, 0.6) is 0 Å². The van der Waals surface area contributed by atoms with E-state index in [1.165, 1.54) is 0 Å². The number of nitrogens with zero attached hydrogens (tertiary/aromatic N) is 1. The van der Waals surface area contributed by atoms with Crippen molar-refractivity contribution in [3.05, 3.63) is 59.7 Å². The van der Waals surface area contributed by atoms with E-state index in [4.69, 9.17) is 14.6 Å². The molecule has 8 heteroatoms. The van der Waals surface area contributed by atoms with Crippen LogP contribution in [0.15, 0.2) is 48.5 Å². The van der Waals surface area contributed by atoms with Crippen molar-refractivity contribution in [3.63, 3.8) is 0 Å². The van der Waals surface area contributed by atoms with Crippen LogP contribution in [0, 0.1) is 5.92 Å². The average molecular weight is 479 g/mol. The standard InChI is InChI=1S/C27H30N2O6/c1-27(35-14-23(30)31)15-29(16-27)25(32)24(17-7-6-8-17)28-26(33)34-13-22-20-11-4-2-9-18(20)19-10-3-5-12-21(19)22/h2-5,9-12,17,22,24H,6-8,13-16H2,1H3,(H,28,33)(H,30,31). The van der Waals surface area contributed by atoms with Crippen molar-refractivity contribution < 1.29 is 29.0 Å². The number of fused-ring (bicyclic) bond motifs is 3. The Morgan fingerprint density at radius 1 is 1.06 bits per heavy atom. The highest BCUT2D eigenvalue weighted by atomic mass is 16.5. The molecule has 8 nitrogen and oxygen atoms in total. The van der Waals surface area contributed by atoms with E-state index in [-0.39, 0.29) is 24.3 Å². The molecular weight excluding hydrogens is 448 g/mol. The van der Waals surface area contributed by atoms with Gasteiger partial charge in [-0.05, 0) is 47.9 Å². The smallest absolute Gasteiger partial charge is 0.407 e. The van der Waals surface area contributed by atoms with Gasteiger partial charge in [-0.1, -0.05) is 55.0 Å². The lowest BCUT2D eigenvalue weighted by Crippen LogP contribution is -2.67. The van der Waals surface area contributed by atoms with Crippen molar-refractivity contribution >= 4 is 18.0 Å². The van der Waals surface area contributed by atoms with Gasteiger partial charge in [-0.15, -0.1) is 0 Å². The van der Waals surface area contributed by atoms with Gasteiger partial charge in [0.15, 0.2) is 0 Å². The van der Waals surface area contributed by atoms with Gasteiger partial charge in [0.2, 0.25) is 5.91 Å². The van der Waals surface area contributed by atoms with E-state index >= 15 is 0 Å². The Kier molecular flexibility index (Phi) is 6.23. The van der Waals surface area contributed by atoms with Crippen LogP contribution in [0.4, 0.5) is 4.79 Å². The summed E-state index contributed by atoms with van der Waals surface area (Å²) < 4.78 is 11.1. The van der Waals surface area contributed by atoms with Crippen molar-refractivity contribution in [2.45, 2.75) is 43.7 Å². The normalized spacial score (nSPS) is 19.1. The number of carboxylic acid groups (broad SMARTS) is 1. The summed E-state index contributed by atoms with van der Waals surface area (Å²) in [6.07, 6.45) is 2.18. The van der Waals surface area contributed by atoms with E-state index in [0.29, 0.717) is 13.1 Å². The zero-order chi connectivity index (χ0) is 24.6. The first-order valence-electron chi connectivity index (χ1n) is 12.1. The van der Waals surface area contributed by atoms with Crippen molar-refractivity contribution in [1.82, 2.24) is 10.2 Å². The zero-order valence-electron chi connectivity index (χ0n) is 19.7. The maximum Gasteiger partial charge on any atom is 0.407 e. The Hall–Kier alpha value is -3.39. The van der Waals surface area contributed by atoms with E-state index in [2.05, 4.69) is 29.6 Å². The topological polar surface area (TPSA) is 105 Å². The lowest BCUT2D eigenvalue weighted by molar-refractivity contribution is -0.175. The molecule has 2 aliphatic carbocycles. The van der Waals surface area contributed by atoms with Crippen LogP contribution in [0.1, 0.15) is 43.2 Å². The Bertz CT molecular complexity index is 1090. The second-order valence-corrected chi connectivity index (χ2v) is 9.97. The molecule has 1 atom stereocenters. The van der Waals surface area contributed by atoms with Crippen LogP contribution in [0.25, 0.3) is 11.1 Å². The molecule has 2 aromatic carbocycles. The van der Waals surface area contributed by atoms with Crippen LogP contribution in [-0.4, -0.2) is 65.9 Å². The molecule has 2 aromatic rings. The number of carbonyl (C=O) groups excluding carboxylic acids is 2. The predicted octanol–water partition coefficient (Wildman–Crippen LogP) is 3.40. The van der Waals surface area contributed by atoms with Crippen molar-refractivity contribution in [2.75, 3.05) is 26.3 Å². The summed E-state index contributed by atoms with van der Waals surface area (Å²) in [4.78, 5) is 38.4. The van der Waals surface area contributed by atoms with Crippen LogP contribution in [0.3, 0.4) is 0 Å². The van der Waals surface area contributed by atoms with E-state index in [1.54, 1.807) is 11.8 Å². The van der Waals surface area contributed by atoms with Gasteiger partial charge in [-0.3, -0.25) is 4.79 Å². The third-order valence-corrected chi connectivity index (χ3v) is 7.41. The number of amides is 2. The molecule has 0 spiro atoms. The first kappa shape index (κ1) is 23.4. The number of benzene rings is 2. The average Bonchev–Trinajstić information content (AvgIpc) is 3.11. The monoisotopic (exact) mass is 478 g/mol. The van der Waals surface area contributed by atoms with Gasteiger partial charge in [0.1, 0.15) is 24.9 Å². The maximum absolute atomic E-state index is 13.2. The van der Waals surface area contributed by atoms with Gasteiger partial charge in [-0.25, -0.2) is 9.59 Å². The van der Waals surface area contributed by atoms with Crippen LogP contribution < -0.4 is 5.32 Å². The van der Waals surface area contributed by atoms with E-state index in [1.807, 2.05) is 24.3 Å². The van der Waals surface area contributed by atoms with Gasteiger partial charge < -0.3 is 24.8 Å². The molecule has 0 bridgehead atoms. The Morgan fingerprint density at radius 3 is 2.20 bits per heavy atom. The number of hydrogen-bond donors (Lipinski definition) is 2. The van der Waals surface area contributed by atoms with Crippen LogP contribution >= 0.6 is 0 Å². The number of ether oxygens (including phenoxy) is 2. The predicted molar refractivity (Wildman–Crippen MR) is 128 cm³/mol. The highest BCUT2D eigenvalue weighted by Gasteiger charge is 2.47. The number of hydrogen-bond acceptors (Lipinski definition) is 5. The summed E-state index contributed by atoms with van der Waals surface area (Å²) in [6, 6.07) is 15.6. The highest BCUT2D eigenvalue weighted by Crippen LogP contribution is 2.44. The molecule has 5 rings (SSSR count). The van der Waals surface area contributed by atoms with E-state index in [9.17, 15) is 14.4 Å². The molecule has 1 saturated heterocycles. The van der Waals surface area contributed by atoms with E-state index < -0.39 is 30.3 Å². The maximum atomic E-state index is 13.2. The quantitative estimate of drug-likeness (QED) is 0.603. The fraction of sp³-hybridized carbons (Fsp3) is 0.444. The molecule has 2 fully saturated rings. The van der Waals surface area contributed by atoms with Crippen molar-refractivity contribution in [2.24, 2.45) is 5.92 Å². The molecule has 1 unspecified atom stereocenters. The number of carboxylic acids is 1. The van der Waals surface area contributed by atoms with Gasteiger partial charge in [0.25, 0.3) is 0 Å². The number of alkyl carbamates (subject to hydrolysis) is 1. The summed E-state index contributed by atoms with van der Waals surface area (Å²) in [5.74, 6) is -1.18. The number of likely N-dealkylation sites (tertiary alicyclic amines) is 1. The highest BCUT2D eigenvalue weighted by molar-refractivity contribution is 5.87. The van der Waals surface area contributed by atoms with Crippen molar-refractivity contribution in [1.29, 1.82) is 0 Å². The van der Waals surface area contributed by atoms with Crippen LogP contribution in [-0.2, 0) is 19.1 Å². The lowest BCUT2D eigenvalue weighted by Gasteiger charge is -2.49. The van der Waals surface area contributed by atoms with Gasteiger partial charge in [0.05, 0.1) is 13.1 Å². The molecular formula is C27H30N2O6. The van der Waals surface area contributed by atoms with Crippen LogP contribution in [0.2, 0.25) is 0 Å². The number of nitrogens with one attached hydrogen (secondary N) is 1. The summed E-state index contributed by atoms with van der Waals surface area (Å²) in [7, 11) is 0. The number of carbonyl (C=O) groups is 3. The summed E-state index contributed by atoms with van der Waals surface area (Å²) in [5.41, 5.74) is 3.90. The molecule has 1 heterocycles. The zero-order valence-corrected chi connectivity index (χ0v) is 19.7. The minimum atomic E-state index is -1.04. The lowest BCUT2D eigenvalue weighted by atomic mass is 9.78. The molecule has 0 radical (unpaired) electrons. The Labute approximate surface area is 204 Å². The molecule has 2 N–H and O–H groups in total. The van der Waals surface area contributed by atoms with Gasteiger partial charge in [0, 0.05) is 5.92 Å². The number of aliphatic carboxylic acids is 1. The largest absolute Gasteiger partial charge is 0.480 e. The Morgan fingerprint density at radius 2 is 1.66 bits per heavy atom. The first-order chi connectivity index (χ1) is 16.8. The van der Waals surface area contributed by atoms with Crippen molar-refractivity contribution in [3.8, 4) is 11.1 Å². The Balaban J connectivity index is 1.21. The number of rotatable bonds is 8. The molecule has 184 valence electrons. The van der Waals surface area contributed by atoms with Gasteiger partial charge >= 0.3 is 12.1 Å². The second kappa shape index (κ2) is 9.34. The summed E-state index contributed by atoms with van der Waals surface area (Å²) in [5, 5.41) is 11.7. The fourth-order valence-corrected chi connectivity index (χ4v) is 5.36. The third-order valence-electron chi connectivity index (χ3n) is 7.41. The molecule has 2 amide bonds. The second-order valence-electron chi connectivity index (χ2n) is 9.97. The molecule has 35 heavy (non-hydrogen) atoms. The molecule has 0 aromatic heterocycles.